The Bertz CT molecular complexity index is 392. The van der Waals surface area contributed by atoms with E-state index in [2.05, 4.69) is 4.74 Å². The van der Waals surface area contributed by atoms with E-state index in [4.69, 9.17) is 0 Å². The quantitative estimate of drug-likeness (QED) is 0.560. The Kier molecular flexibility index (Phi) is 4.68. The third-order valence-corrected chi connectivity index (χ3v) is 2.83. The minimum Gasteiger partial charge on any atom is -0.312 e. The van der Waals surface area contributed by atoms with Gasteiger partial charge in [0.2, 0.25) is 0 Å². The highest BCUT2D eigenvalue weighted by Crippen LogP contribution is 2.49. The average Bonchev–Trinajstić information content (AvgIpc) is 2.14. The van der Waals surface area contributed by atoms with Crippen LogP contribution in [0.3, 0.4) is 0 Å². The molecule has 0 aromatic rings. The van der Waals surface area contributed by atoms with Crippen molar-refractivity contribution in [3.63, 3.8) is 0 Å². The van der Waals surface area contributed by atoms with Crippen LogP contribution in [-0.2, 0) is 15.0 Å². The summed E-state index contributed by atoms with van der Waals surface area (Å²) in [4.78, 5) is 0. The Morgan fingerprint density at radius 3 is 1.78 bits per heavy atom. The summed E-state index contributed by atoms with van der Waals surface area (Å²) in [6.45, 7) is 2.09. The molecule has 0 N–H and O–H groups in total. The summed E-state index contributed by atoms with van der Waals surface area (Å²) in [6.07, 6.45) is -7.64. The maximum Gasteiger partial charge on any atom is 0.445 e. The standard InChI is InChI=1S/C7H9F7O3S/c1-3-4(2)17-6(10,11)5(8,9)7(12,13)18(14,15)16/h4H,3H2,1-2H3. The molecule has 0 aliphatic carbocycles. The molecular weight excluding hydrogens is 297 g/mol. The molecular formula is C7H9F7O3S. The van der Waals surface area contributed by atoms with Crippen LogP contribution in [-0.4, -0.2) is 31.8 Å². The minimum absolute atomic E-state index is 0.236. The molecule has 0 aromatic carbocycles. The van der Waals surface area contributed by atoms with E-state index in [1.165, 1.54) is 6.92 Å². The van der Waals surface area contributed by atoms with Crippen LogP contribution >= 0.6 is 0 Å². The van der Waals surface area contributed by atoms with Gasteiger partial charge in [0.05, 0.1) is 6.10 Å². The summed E-state index contributed by atoms with van der Waals surface area (Å²) in [6, 6.07) is 0. The average molecular weight is 306 g/mol. The molecule has 110 valence electrons. The number of ether oxygens (including phenoxy) is 1. The van der Waals surface area contributed by atoms with E-state index in [0.29, 0.717) is 0 Å². The summed E-state index contributed by atoms with van der Waals surface area (Å²) >= 11 is 0. The summed E-state index contributed by atoms with van der Waals surface area (Å²) < 4.78 is 111. The number of hydrogen-bond donors (Lipinski definition) is 0. The van der Waals surface area contributed by atoms with Crippen LogP contribution in [0.2, 0.25) is 0 Å². The van der Waals surface area contributed by atoms with Gasteiger partial charge in [0.1, 0.15) is 0 Å². The van der Waals surface area contributed by atoms with E-state index >= 15 is 0 Å². The van der Waals surface area contributed by atoms with Gasteiger partial charge in [0.25, 0.3) is 0 Å². The molecule has 0 rings (SSSR count). The number of halogens is 7. The fourth-order valence-corrected chi connectivity index (χ4v) is 1.16. The zero-order valence-electron chi connectivity index (χ0n) is 9.06. The first-order chi connectivity index (χ1) is 7.70. The lowest BCUT2D eigenvalue weighted by Gasteiger charge is -2.31. The van der Waals surface area contributed by atoms with Crippen molar-refractivity contribution in [2.24, 2.45) is 0 Å². The molecule has 0 saturated carbocycles. The van der Waals surface area contributed by atoms with Gasteiger partial charge in [0.15, 0.2) is 0 Å². The molecule has 0 amide bonds. The Balaban J connectivity index is 5.50. The van der Waals surface area contributed by atoms with Crippen LogP contribution in [0, 0.1) is 0 Å². The van der Waals surface area contributed by atoms with E-state index in [9.17, 15) is 38.6 Å². The largest absolute Gasteiger partial charge is 0.445 e. The maximum atomic E-state index is 12.8. The molecule has 1 atom stereocenters. The highest BCUT2D eigenvalue weighted by Gasteiger charge is 2.79. The van der Waals surface area contributed by atoms with Crippen molar-refractivity contribution < 1.29 is 43.4 Å². The minimum atomic E-state index is -7.23. The monoisotopic (exact) mass is 306 g/mol. The number of rotatable bonds is 6. The molecule has 0 heterocycles. The van der Waals surface area contributed by atoms with E-state index in [-0.39, 0.29) is 6.42 Å². The Morgan fingerprint density at radius 2 is 1.50 bits per heavy atom. The maximum absolute atomic E-state index is 12.8. The Labute approximate surface area is 98.1 Å². The molecule has 0 radical (unpaired) electrons. The lowest BCUT2D eigenvalue weighted by atomic mass is 10.3. The molecule has 1 unspecified atom stereocenters. The van der Waals surface area contributed by atoms with Crippen LogP contribution in [0.15, 0.2) is 0 Å². The molecule has 3 nitrogen and oxygen atoms in total. The Morgan fingerprint density at radius 1 is 1.11 bits per heavy atom. The first kappa shape index (κ1) is 17.4. The van der Waals surface area contributed by atoms with Crippen molar-refractivity contribution in [1.29, 1.82) is 0 Å². The summed E-state index contributed by atoms with van der Waals surface area (Å²) in [7, 11) is -7.23. The third kappa shape index (κ3) is 2.87. The van der Waals surface area contributed by atoms with Crippen LogP contribution in [0.1, 0.15) is 20.3 Å². The van der Waals surface area contributed by atoms with Crippen molar-refractivity contribution >= 4 is 10.2 Å². The van der Waals surface area contributed by atoms with E-state index in [0.717, 1.165) is 6.92 Å². The van der Waals surface area contributed by atoms with E-state index in [1.807, 2.05) is 0 Å². The van der Waals surface area contributed by atoms with Gasteiger partial charge >= 0.3 is 27.5 Å². The summed E-state index contributed by atoms with van der Waals surface area (Å²) in [5, 5.41) is -6.60. The second kappa shape index (κ2) is 4.83. The van der Waals surface area contributed by atoms with Gasteiger partial charge in [-0.2, -0.15) is 34.8 Å². The zero-order valence-corrected chi connectivity index (χ0v) is 9.88. The van der Waals surface area contributed by atoms with Crippen molar-refractivity contribution in [2.45, 2.75) is 43.7 Å². The molecule has 0 aromatic heterocycles. The molecule has 0 aliphatic heterocycles. The molecule has 0 spiro atoms. The lowest BCUT2D eigenvalue weighted by Crippen LogP contribution is -2.58. The van der Waals surface area contributed by atoms with Gasteiger partial charge in [-0.1, -0.05) is 10.8 Å². The topological polar surface area (TPSA) is 43.4 Å². The van der Waals surface area contributed by atoms with Crippen LogP contribution in [0.5, 0.6) is 0 Å². The molecule has 11 heteroatoms. The molecule has 0 aliphatic rings. The van der Waals surface area contributed by atoms with Crippen molar-refractivity contribution in [1.82, 2.24) is 0 Å². The van der Waals surface area contributed by atoms with Crippen molar-refractivity contribution in [2.75, 3.05) is 0 Å². The fraction of sp³-hybridized carbons (Fsp3) is 1.00. The predicted molar refractivity (Wildman–Crippen MR) is 45.7 cm³/mol. The van der Waals surface area contributed by atoms with E-state index in [1.54, 1.807) is 0 Å². The van der Waals surface area contributed by atoms with Gasteiger partial charge in [-0.15, -0.1) is 0 Å². The summed E-state index contributed by atoms with van der Waals surface area (Å²) in [5.41, 5.74) is 0. The second-order valence-electron chi connectivity index (χ2n) is 3.38. The van der Waals surface area contributed by atoms with Gasteiger partial charge in [-0.3, -0.25) is 0 Å². The van der Waals surface area contributed by atoms with Crippen LogP contribution in [0.25, 0.3) is 0 Å². The smallest absolute Gasteiger partial charge is 0.312 e. The first-order valence-electron chi connectivity index (χ1n) is 4.46. The van der Waals surface area contributed by atoms with Gasteiger partial charge in [0, 0.05) is 0 Å². The lowest BCUT2D eigenvalue weighted by molar-refractivity contribution is -0.392. The number of hydrogen-bond acceptors (Lipinski definition) is 3. The van der Waals surface area contributed by atoms with Gasteiger partial charge in [-0.05, 0) is 13.3 Å². The normalized spacial score (nSPS) is 16.7. The Hall–Kier alpha value is -0.580. The highest BCUT2D eigenvalue weighted by molar-refractivity contribution is 7.87. The summed E-state index contributed by atoms with van der Waals surface area (Å²) in [5.74, 6) is -6.54. The van der Waals surface area contributed by atoms with Gasteiger partial charge < -0.3 is 4.74 Å². The van der Waals surface area contributed by atoms with Crippen LogP contribution < -0.4 is 0 Å². The highest BCUT2D eigenvalue weighted by atomic mass is 32.3. The first-order valence-corrected chi connectivity index (χ1v) is 5.84. The SMILES string of the molecule is CCC(C)OC(F)(F)C(F)(F)C(F)(F)S(=O)(=O)F. The van der Waals surface area contributed by atoms with Gasteiger partial charge in [-0.25, -0.2) is 0 Å². The molecule has 18 heavy (non-hydrogen) atoms. The zero-order chi connectivity index (χ0) is 15.0. The predicted octanol–water partition coefficient (Wildman–Crippen LogP) is 2.92. The fourth-order valence-electron chi connectivity index (χ4n) is 0.733. The third-order valence-electron chi connectivity index (χ3n) is 1.96. The molecule has 0 fully saturated rings. The number of alkyl halides is 6. The van der Waals surface area contributed by atoms with Crippen molar-refractivity contribution in [3.8, 4) is 0 Å². The molecule has 0 bridgehead atoms. The van der Waals surface area contributed by atoms with Crippen LogP contribution in [0.4, 0.5) is 30.2 Å². The van der Waals surface area contributed by atoms with Crippen molar-refractivity contribution in [3.05, 3.63) is 0 Å². The molecule has 0 saturated heterocycles. The van der Waals surface area contributed by atoms with E-state index < -0.39 is 33.6 Å². The second-order valence-corrected chi connectivity index (χ2v) is 4.77.